The molecule has 1 aliphatic carbocycles. The Labute approximate surface area is 140 Å². The van der Waals surface area contributed by atoms with Gasteiger partial charge in [0.05, 0.1) is 26.9 Å². The fraction of sp³-hybridized carbons (Fsp3) is 0.529. The first-order chi connectivity index (χ1) is 11.7. The minimum Gasteiger partial charge on any atom is -0.496 e. The second kappa shape index (κ2) is 6.07. The van der Waals surface area contributed by atoms with Gasteiger partial charge in [-0.1, -0.05) is 5.16 Å². The predicted octanol–water partition coefficient (Wildman–Crippen LogP) is 2.01. The third-order valence-electron chi connectivity index (χ3n) is 4.65. The number of rotatable bonds is 5. The minimum absolute atomic E-state index is 0.472. The number of aliphatic hydroxyl groups excluding tert-OH is 1. The molecule has 128 valence electrons. The summed E-state index contributed by atoms with van der Waals surface area (Å²) in [6.07, 6.45) is 1.64. The first-order valence-corrected chi connectivity index (χ1v) is 8.16. The molecule has 2 aromatic rings. The molecule has 0 radical (unpaired) electrons. The van der Waals surface area contributed by atoms with E-state index in [-0.39, 0.29) is 0 Å². The van der Waals surface area contributed by atoms with Gasteiger partial charge in [-0.3, -0.25) is 4.90 Å². The van der Waals surface area contributed by atoms with Crippen molar-refractivity contribution in [1.82, 2.24) is 15.0 Å². The molecule has 1 N–H and O–H groups in total. The Balaban J connectivity index is 1.57. The normalized spacial score (nSPS) is 20.7. The summed E-state index contributed by atoms with van der Waals surface area (Å²) in [7, 11) is 3.24. The maximum atomic E-state index is 10.6. The van der Waals surface area contributed by atoms with Crippen LogP contribution < -0.4 is 9.47 Å². The Morgan fingerprint density at radius 1 is 1.25 bits per heavy atom. The second-order valence-electron chi connectivity index (χ2n) is 6.37. The molecule has 2 heterocycles. The SMILES string of the molecule is COc1ccc(OC)c2c1CN(Cc1nc(C3CC3)no1)C[C@@H]2O. The van der Waals surface area contributed by atoms with Gasteiger partial charge in [0.15, 0.2) is 5.82 Å². The molecule has 1 fully saturated rings. The maximum absolute atomic E-state index is 10.6. The molecule has 0 unspecified atom stereocenters. The summed E-state index contributed by atoms with van der Waals surface area (Å²) in [5.74, 6) is 3.31. The van der Waals surface area contributed by atoms with Crippen molar-refractivity contribution < 1.29 is 19.1 Å². The molecule has 0 amide bonds. The molecule has 1 aliphatic heterocycles. The fourth-order valence-corrected chi connectivity index (χ4v) is 3.30. The monoisotopic (exact) mass is 331 g/mol. The van der Waals surface area contributed by atoms with E-state index in [1.807, 2.05) is 12.1 Å². The summed E-state index contributed by atoms with van der Waals surface area (Å²) in [5, 5.41) is 14.6. The third kappa shape index (κ3) is 2.74. The van der Waals surface area contributed by atoms with Gasteiger partial charge in [0.25, 0.3) is 0 Å². The van der Waals surface area contributed by atoms with Gasteiger partial charge in [-0.05, 0) is 25.0 Å². The number of hydrogen-bond donors (Lipinski definition) is 1. The van der Waals surface area contributed by atoms with Crippen molar-refractivity contribution in [3.63, 3.8) is 0 Å². The number of benzene rings is 1. The Hall–Kier alpha value is -2.12. The van der Waals surface area contributed by atoms with Gasteiger partial charge in [-0.15, -0.1) is 0 Å². The van der Waals surface area contributed by atoms with E-state index < -0.39 is 6.10 Å². The number of nitrogens with zero attached hydrogens (tertiary/aromatic N) is 3. The molecule has 0 bridgehead atoms. The van der Waals surface area contributed by atoms with E-state index in [2.05, 4.69) is 15.0 Å². The van der Waals surface area contributed by atoms with Crippen molar-refractivity contribution in [3.8, 4) is 11.5 Å². The van der Waals surface area contributed by atoms with Crippen LogP contribution in [-0.2, 0) is 13.1 Å². The van der Waals surface area contributed by atoms with E-state index in [1.165, 1.54) is 0 Å². The standard InChI is InChI=1S/C17H21N3O4/c1-22-13-5-6-14(23-2)16-11(13)7-20(8-12(16)21)9-15-18-17(19-24-15)10-3-4-10/h5-6,10,12,21H,3-4,7-9H2,1-2H3/t12-/m0/s1. The fourth-order valence-electron chi connectivity index (χ4n) is 3.30. The van der Waals surface area contributed by atoms with E-state index in [0.29, 0.717) is 37.2 Å². The predicted molar refractivity (Wildman–Crippen MR) is 84.9 cm³/mol. The molecule has 7 nitrogen and oxygen atoms in total. The highest BCUT2D eigenvalue weighted by molar-refractivity contribution is 5.51. The zero-order chi connectivity index (χ0) is 16.7. The number of hydrogen-bond acceptors (Lipinski definition) is 7. The van der Waals surface area contributed by atoms with Crippen molar-refractivity contribution >= 4 is 0 Å². The van der Waals surface area contributed by atoms with E-state index >= 15 is 0 Å². The highest BCUT2D eigenvalue weighted by atomic mass is 16.5. The van der Waals surface area contributed by atoms with Gasteiger partial charge >= 0.3 is 0 Å². The minimum atomic E-state index is -0.648. The van der Waals surface area contributed by atoms with Crippen LogP contribution >= 0.6 is 0 Å². The molecule has 4 rings (SSSR count). The molecule has 1 saturated carbocycles. The molecule has 2 aliphatic rings. The van der Waals surface area contributed by atoms with Crippen molar-refractivity contribution in [1.29, 1.82) is 0 Å². The van der Waals surface area contributed by atoms with Crippen LogP contribution in [0.3, 0.4) is 0 Å². The van der Waals surface area contributed by atoms with Crippen LogP contribution in [0.15, 0.2) is 16.7 Å². The quantitative estimate of drug-likeness (QED) is 0.897. The highest BCUT2D eigenvalue weighted by Gasteiger charge is 2.32. The summed E-state index contributed by atoms with van der Waals surface area (Å²) in [6, 6.07) is 3.70. The van der Waals surface area contributed by atoms with Crippen LogP contribution in [0.5, 0.6) is 11.5 Å². The number of aliphatic hydroxyl groups is 1. The average molecular weight is 331 g/mol. The van der Waals surface area contributed by atoms with E-state index in [4.69, 9.17) is 14.0 Å². The first kappa shape index (κ1) is 15.4. The van der Waals surface area contributed by atoms with Crippen LogP contribution in [0.2, 0.25) is 0 Å². The molecular formula is C17H21N3O4. The molecule has 0 saturated heterocycles. The van der Waals surface area contributed by atoms with E-state index in [1.54, 1.807) is 14.2 Å². The number of fused-ring (bicyclic) bond motifs is 1. The Morgan fingerprint density at radius 3 is 2.71 bits per heavy atom. The largest absolute Gasteiger partial charge is 0.496 e. The lowest BCUT2D eigenvalue weighted by molar-refractivity contribution is 0.0779. The third-order valence-corrected chi connectivity index (χ3v) is 4.65. The smallest absolute Gasteiger partial charge is 0.240 e. The molecule has 1 aromatic heterocycles. The summed E-state index contributed by atoms with van der Waals surface area (Å²) in [6.45, 7) is 1.63. The topological polar surface area (TPSA) is 80.9 Å². The lowest BCUT2D eigenvalue weighted by atomic mass is 9.95. The van der Waals surface area contributed by atoms with Crippen molar-refractivity contribution in [2.75, 3.05) is 20.8 Å². The zero-order valence-electron chi connectivity index (χ0n) is 13.9. The lowest BCUT2D eigenvalue weighted by Crippen LogP contribution is -2.33. The van der Waals surface area contributed by atoms with Gasteiger partial charge in [0.1, 0.15) is 11.5 Å². The summed E-state index contributed by atoms with van der Waals surface area (Å²) in [4.78, 5) is 6.55. The van der Waals surface area contributed by atoms with Gasteiger partial charge in [-0.25, -0.2) is 0 Å². The van der Waals surface area contributed by atoms with Crippen molar-refractivity contribution in [2.24, 2.45) is 0 Å². The molecule has 1 aromatic carbocycles. The maximum Gasteiger partial charge on any atom is 0.240 e. The van der Waals surface area contributed by atoms with Crippen molar-refractivity contribution in [3.05, 3.63) is 35.0 Å². The summed E-state index contributed by atoms with van der Waals surface area (Å²) >= 11 is 0. The number of β-amino-alcohol motifs (C(OH)–C–C–N with tert-alkyl or cyclic N) is 1. The van der Waals surface area contributed by atoms with Crippen LogP contribution in [0.1, 0.15) is 47.7 Å². The van der Waals surface area contributed by atoms with Gasteiger partial charge in [0.2, 0.25) is 5.89 Å². The number of methoxy groups -OCH3 is 2. The molecule has 1 atom stereocenters. The van der Waals surface area contributed by atoms with Gasteiger partial charge in [-0.2, -0.15) is 4.98 Å². The Kier molecular flexibility index (Phi) is 3.90. The molecule has 24 heavy (non-hydrogen) atoms. The van der Waals surface area contributed by atoms with E-state index in [0.717, 1.165) is 35.5 Å². The first-order valence-electron chi connectivity index (χ1n) is 8.16. The van der Waals surface area contributed by atoms with Crippen LogP contribution in [0, 0.1) is 0 Å². The number of aromatic nitrogens is 2. The van der Waals surface area contributed by atoms with Crippen LogP contribution in [0.25, 0.3) is 0 Å². The van der Waals surface area contributed by atoms with Crippen molar-refractivity contribution in [2.45, 2.75) is 38.0 Å². The molecule has 7 heteroatoms. The summed E-state index contributed by atoms with van der Waals surface area (Å²) in [5.41, 5.74) is 1.75. The summed E-state index contributed by atoms with van der Waals surface area (Å²) < 4.78 is 16.2. The number of ether oxygens (including phenoxy) is 2. The van der Waals surface area contributed by atoms with Gasteiger partial charge in [0, 0.05) is 30.1 Å². The molecule has 0 spiro atoms. The van der Waals surface area contributed by atoms with Crippen LogP contribution in [-0.4, -0.2) is 40.9 Å². The van der Waals surface area contributed by atoms with Crippen LogP contribution in [0.4, 0.5) is 0 Å². The zero-order valence-corrected chi connectivity index (χ0v) is 13.9. The molecular weight excluding hydrogens is 310 g/mol. The van der Waals surface area contributed by atoms with E-state index in [9.17, 15) is 5.11 Å². The Bertz CT molecular complexity index is 741. The Morgan fingerprint density at radius 2 is 2.00 bits per heavy atom. The second-order valence-corrected chi connectivity index (χ2v) is 6.37. The van der Waals surface area contributed by atoms with Gasteiger partial charge < -0.3 is 19.1 Å². The average Bonchev–Trinajstić information content (AvgIpc) is 3.34. The lowest BCUT2D eigenvalue weighted by Gasteiger charge is -2.33. The highest BCUT2D eigenvalue weighted by Crippen LogP contribution is 2.40.